The molecule has 1 amide bonds. The highest BCUT2D eigenvalue weighted by atomic mass is 35.5. The van der Waals surface area contributed by atoms with Crippen LogP contribution in [-0.2, 0) is 9.59 Å². The zero-order valence-corrected chi connectivity index (χ0v) is 18.0. The molecule has 3 rings (SSSR count). The van der Waals surface area contributed by atoms with Crippen LogP contribution in [0.4, 0.5) is 0 Å². The van der Waals surface area contributed by atoms with E-state index in [1.165, 1.54) is 4.90 Å². The lowest BCUT2D eigenvalue weighted by Crippen LogP contribution is -2.32. The van der Waals surface area contributed by atoms with Gasteiger partial charge in [0.1, 0.15) is 11.5 Å². The van der Waals surface area contributed by atoms with Crippen LogP contribution in [0.15, 0.2) is 54.1 Å². The van der Waals surface area contributed by atoms with Crippen LogP contribution < -0.4 is 4.74 Å². The maximum absolute atomic E-state index is 12.9. The SMILES string of the molecule is COc1ccc(C2/C(=C(/O)c3cccc(Cl)c3)C(=O)C(=O)N2CCCN(C)C)cc1. The summed E-state index contributed by atoms with van der Waals surface area (Å²) >= 11 is 6.06. The summed E-state index contributed by atoms with van der Waals surface area (Å²) in [6.07, 6.45) is 0.698. The molecule has 0 saturated carbocycles. The van der Waals surface area contributed by atoms with Crippen molar-refractivity contribution in [2.75, 3.05) is 34.3 Å². The normalized spacial score (nSPS) is 18.3. The van der Waals surface area contributed by atoms with E-state index in [9.17, 15) is 14.7 Å². The van der Waals surface area contributed by atoms with Crippen molar-refractivity contribution < 1.29 is 19.4 Å². The Kier molecular flexibility index (Phi) is 6.80. The van der Waals surface area contributed by atoms with E-state index in [4.69, 9.17) is 16.3 Å². The number of carbonyl (C=O) groups excluding carboxylic acids is 2. The third-order valence-electron chi connectivity index (χ3n) is 5.07. The number of amides is 1. The molecule has 0 radical (unpaired) electrons. The lowest BCUT2D eigenvalue weighted by molar-refractivity contribution is -0.139. The van der Waals surface area contributed by atoms with Crippen molar-refractivity contribution in [2.45, 2.75) is 12.5 Å². The smallest absolute Gasteiger partial charge is 0.295 e. The number of ketones is 1. The van der Waals surface area contributed by atoms with Crippen LogP contribution in [0.3, 0.4) is 0 Å². The van der Waals surface area contributed by atoms with Crippen molar-refractivity contribution in [3.63, 3.8) is 0 Å². The Hall–Kier alpha value is -2.83. The molecule has 1 saturated heterocycles. The van der Waals surface area contributed by atoms with Crippen molar-refractivity contribution in [2.24, 2.45) is 0 Å². The second-order valence-corrected chi connectivity index (χ2v) is 7.87. The summed E-state index contributed by atoms with van der Waals surface area (Å²) in [4.78, 5) is 29.4. The van der Waals surface area contributed by atoms with E-state index in [1.807, 2.05) is 19.0 Å². The lowest BCUT2D eigenvalue weighted by Gasteiger charge is -2.26. The van der Waals surface area contributed by atoms with Gasteiger partial charge in [0.2, 0.25) is 0 Å². The number of benzene rings is 2. The van der Waals surface area contributed by atoms with Gasteiger partial charge in [-0.2, -0.15) is 0 Å². The van der Waals surface area contributed by atoms with Gasteiger partial charge in [0.25, 0.3) is 11.7 Å². The second kappa shape index (κ2) is 9.32. The van der Waals surface area contributed by atoms with Gasteiger partial charge in [-0.1, -0.05) is 35.9 Å². The number of hydrogen-bond donors (Lipinski definition) is 1. The average molecular weight is 429 g/mol. The Balaban J connectivity index is 2.09. The first-order valence-corrected chi connectivity index (χ1v) is 10.0. The molecule has 6 nitrogen and oxygen atoms in total. The van der Waals surface area contributed by atoms with Gasteiger partial charge in [-0.15, -0.1) is 0 Å². The molecule has 0 aromatic heterocycles. The summed E-state index contributed by atoms with van der Waals surface area (Å²) < 4.78 is 5.22. The standard InChI is InChI=1S/C23H25ClN2O4/c1-25(2)12-5-13-26-20(15-8-10-18(30-3)11-9-15)19(22(28)23(26)29)21(27)16-6-4-7-17(24)14-16/h4,6-11,14,20,27H,5,12-13H2,1-3H3/b21-19-. The maximum Gasteiger partial charge on any atom is 0.295 e. The van der Waals surface area contributed by atoms with Crippen LogP contribution in [0.25, 0.3) is 5.76 Å². The average Bonchev–Trinajstić information content (AvgIpc) is 2.98. The number of methoxy groups -OCH3 is 1. The van der Waals surface area contributed by atoms with Crippen LogP contribution in [0.2, 0.25) is 5.02 Å². The highest BCUT2D eigenvalue weighted by molar-refractivity contribution is 6.46. The topological polar surface area (TPSA) is 70.1 Å². The van der Waals surface area contributed by atoms with Crippen molar-refractivity contribution in [3.8, 4) is 5.75 Å². The fourth-order valence-corrected chi connectivity index (χ4v) is 3.78. The molecule has 0 spiro atoms. The Morgan fingerprint density at radius 1 is 1.17 bits per heavy atom. The van der Waals surface area contributed by atoms with E-state index >= 15 is 0 Å². The van der Waals surface area contributed by atoms with E-state index < -0.39 is 17.7 Å². The van der Waals surface area contributed by atoms with Gasteiger partial charge in [-0.25, -0.2) is 0 Å². The fourth-order valence-electron chi connectivity index (χ4n) is 3.59. The molecule has 1 heterocycles. The zero-order chi connectivity index (χ0) is 21.8. The molecule has 2 aromatic rings. The number of aliphatic hydroxyl groups is 1. The predicted octanol–water partition coefficient (Wildman–Crippen LogP) is 3.72. The largest absolute Gasteiger partial charge is 0.507 e. The fraction of sp³-hybridized carbons (Fsp3) is 0.304. The minimum atomic E-state index is -0.696. The van der Waals surface area contributed by atoms with Crippen LogP contribution in [-0.4, -0.2) is 60.9 Å². The Labute approximate surface area is 181 Å². The van der Waals surface area contributed by atoms with Crippen molar-refractivity contribution in [1.82, 2.24) is 9.80 Å². The summed E-state index contributed by atoms with van der Waals surface area (Å²) in [5.41, 5.74) is 1.19. The number of carbonyl (C=O) groups is 2. The van der Waals surface area contributed by atoms with Crippen LogP contribution in [0.1, 0.15) is 23.6 Å². The summed E-state index contributed by atoms with van der Waals surface area (Å²) in [5.74, 6) is -0.874. The second-order valence-electron chi connectivity index (χ2n) is 7.43. The van der Waals surface area contributed by atoms with Crippen LogP contribution in [0, 0.1) is 0 Å². The maximum atomic E-state index is 12.9. The molecule has 1 aliphatic rings. The predicted molar refractivity (Wildman–Crippen MR) is 117 cm³/mol. The first kappa shape index (κ1) is 21.9. The number of halogens is 1. The van der Waals surface area contributed by atoms with Gasteiger partial charge < -0.3 is 19.6 Å². The van der Waals surface area contributed by atoms with Gasteiger partial charge in [-0.3, -0.25) is 9.59 Å². The van der Waals surface area contributed by atoms with Gasteiger partial charge in [0.15, 0.2) is 0 Å². The number of ether oxygens (including phenoxy) is 1. The van der Waals surface area contributed by atoms with Crippen molar-refractivity contribution >= 4 is 29.1 Å². The Morgan fingerprint density at radius 2 is 1.87 bits per heavy atom. The summed E-state index contributed by atoms with van der Waals surface area (Å²) in [5, 5.41) is 11.4. The minimum Gasteiger partial charge on any atom is -0.507 e. The minimum absolute atomic E-state index is 0.0669. The first-order valence-electron chi connectivity index (χ1n) is 9.66. The first-order chi connectivity index (χ1) is 14.3. The summed E-state index contributed by atoms with van der Waals surface area (Å²) in [7, 11) is 5.48. The molecule has 2 aromatic carbocycles. The molecule has 1 unspecified atom stereocenters. The summed E-state index contributed by atoms with van der Waals surface area (Å²) in [6.45, 7) is 1.17. The molecular weight excluding hydrogens is 404 g/mol. The molecule has 1 atom stereocenters. The Morgan fingerprint density at radius 3 is 2.47 bits per heavy atom. The number of nitrogens with zero attached hydrogens (tertiary/aromatic N) is 2. The molecule has 0 bridgehead atoms. The molecular formula is C23H25ClN2O4. The number of hydrogen-bond acceptors (Lipinski definition) is 5. The quantitative estimate of drug-likeness (QED) is 0.413. The van der Waals surface area contributed by atoms with Gasteiger partial charge in [-0.05, 0) is 56.9 Å². The van der Waals surface area contributed by atoms with Gasteiger partial charge in [0.05, 0.1) is 18.7 Å². The molecule has 1 N–H and O–H groups in total. The third-order valence-corrected chi connectivity index (χ3v) is 5.31. The summed E-state index contributed by atoms with van der Waals surface area (Å²) in [6, 6.07) is 13.1. The van der Waals surface area contributed by atoms with E-state index in [0.29, 0.717) is 29.3 Å². The van der Waals surface area contributed by atoms with E-state index in [0.717, 1.165) is 12.1 Å². The monoisotopic (exact) mass is 428 g/mol. The number of aliphatic hydroxyl groups excluding tert-OH is 1. The molecule has 1 aliphatic heterocycles. The van der Waals surface area contributed by atoms with Gasteiger partial charge >= 0.3 is 0 Å². The van der Waals surface area contributed by atoms with E-state index in [-0.39, 0.29) is 11.3 Å². The number of rotatable bonds is 7. The van der Waals surface area contributed by atoms with Crippen LogP contribution >= 0.6 is 11.6 Å². The van der Waals surface area contributed by atoms with Crippen LogP contribution in [0.5, 0.6) is 5.75 Å². The third kappa shape index (κ3) is 4.50. The number of Topliss-reactive ketones (excluding diaryl/α,β-unsaturated/α-hetero) is 1. The Bertz CT molecular complexity index is 969. The molecule has 1 fully saturated rings. The highest BCUT2D eigenvalue weighted by Crippen LogP contribution is 2.40. The number of likely N-dealkylation sites (tertiary alicyclic amines) is 1. The zero-order valence-electron chi connectivity index (χ0n) is 17.3. The molecule has 7 heteroatoms. The highest BCUT2D eigenvalue weighted by Gasteiger charge is 2.45. The lowest BCUT2D eigenvalue weighted by atomic mass is 9.95. The molecule has 30 heavy (non-hydrogen) atoms. The van der Waals surface area contributed by atoms with E-state index in [2.05, 4.69) is 0 Å². The molecule has 0 aliphatic carbocycles. The van der Waals surface area contributed by atoms with Gasteiger partial charge in [0, 0.05) is 17.1 Å². The van der Waals surface area contributed by atoms with Crippen molar-refractivity contribution in [1.29, 1.82) is 0 Å². The molecule has 158 valence electrons. The van der Waals surface area contributed by atoms with Crippen molar-refractivity contribution in [3.05, 3.63) is 70.3 Å². The van der Waals surface area contributed by atoms with E-state index in [1.54, 1.807) is 55.6 Å².